The molecule has 2 heterocycles. The normalized spacial score (nSPS) is 14.3. The fraction of sp³-hybridized carbons (Fsp3) is 0.273. The van der Waals surface area contributed by atoms with E-state index in [1.807, 2.05) is 30.3 Å². The Morgan fingerprint density at radius 1 is 0.897 bits per heavy atom. The molecule has 0 N–H and O–H groups in total. The van der Waals surface area contributed by atoms with Gasteiger partial charge >= 0.3 is 0 Å². The Hall–Kier alpha value is -3.48. The van der Waals surface area contributed by atoms with Crippen LogP contribution in [0.2, 0.25) is 0 Å². The second-order valence-corrected chi connectivity index (χ2v) is 7.21. The average Bonchev–Trinajstić information content (AvgIpc) is 2.76. The predicted molar refractivity (Wildman–Crippen MR) is 112 cm³/mol. The molecule has 1 aromatic heterocycles. The molecule has 0 saturated carbocycles. The molecule has 2 aromatic carbocycles. The first kappa shape index (κ1) is 18.9. The van der Waals surface area contributed by atoms with Crippen molar-refractivity contribution in [2.45, 2.75) is 6.92 Å². The zero-order chi connectivity index (χ0) is 20.5. The lowest BCUT2D eigenvalue weighted by Gasteiger charge is -2.36. The second-order valence-electron chi connectivity index (χ2n) is 7.21. The maximum Gasteiger partial charge on any atom is 0.275 e. The summed E-state index contributed by atoms with van der Waals surface area (Å²) in [6.07, 6.45) is 0. The van der Waals surface area contributed by atoms with Gasteiger partial charge in [0.15, 0.2) is 11.5 Å². The molecule has 0 spiro atoms. The Kier molecular flexibility index (Phi) is 4.88. The number of aromatic nitrogens is 2. The molecule has 7 nitrogen and oxygen atoms in total. The molecule has 0 unspecified atom stereocenters. The minimum atomic E-state index is -0.212. The average molecular weight is 390 g/mol. The SMILES string of the molecule is CC(=O)c1ccc(N2CCN(C(=O)c3nn(C)c(=O)c4ccccc34)CC2)cc1. The van der Waals surface area contributed by atoms with Crippen LogP contribution in [0.3, 0.4) is 0 Å². The van der Waals surface area contributed by atoms with Gasteiger partial charge in [0, 0.05) is 49.9 Å². The highest BCUT2D eigenvalue weighted by Crippen LogP contribution is 2.20. The number of nitrogens with zero attached hydrogens (tertiary/aromatic N) is 4. The van der Waals surface area contributed by atoms with Crippen LogP contribution in [0, 0.1) is 0 Å². The summed E-state index contributed by atoms with van der Waals surface area (Å²) in [6, 6.07) is 14.6. The number of Topliss-reactive ketones (excluding diaryl/α,β-unsaturated/α-hetero) is 1. The van der Waals surface area contributed by atoms with Gasteiger partial charge in [-0.05, 0) is 37.3 Å². The summed E-state index contributed by atoms with van der Waals surface area (Å²) in [5, 5.41) is 5.33. The number of aryl methyl sites for hydroxylation is 1. The smallest absolute Gasteiger partial charge is 0.275 e. The molecule has 1 aliphatic heterocycles. The maximum atomic E-state index is 13.1. The number of amides is 1. The minimum absolute atomic E-state index is 0.0453. The third kappa shape index (κ3) is 3.51. The van der Waals surface area contributed by atoms with Crippen LogP contribution < -0.4 is 10.5 Å². The van der Waals surface area contributed by atoms with Crippen LogP contribution >= 0.6 is 0 Å². The number of hydrogen-bond acceptors (Lipinski definition) is 5. The third-order valence-corrected chi connectivity index (χ3v) is 5.36. The molecule has 1 amide bonds. The van der Waals surface area contributed by atoms with E-state index in [1.54, 1.807) is 37.1 Å². The van der Waals surface area contributed by atoms with Crippen LogP contribution in [0.5, 0.6) is 0 Å². The molecule has 1 saturated heterocycles. The van der Waals surface area contributed by atoms with Gasteiger partial charge in [0.2, 0.25) is 0 Å². The lowest BCUT2D eigenvalue weighted by atomic mass is 10.1. The molecule has 0 bridgehead atoms. The van der Waals surface area contributed by atoms with Crippen molar-refractivity contribution in [1.29, 1.82) is 0 Å². The molecule has 4 rings (SSSR count). The van der Waals surface area contributed by atoms with Crippen LogP contribution in [0.4, 0.5) is 5.69 Å². The standard InChI is InChI=1S/C22H22N4O3/c1-15(27)16-7-9-17(10-8-16)25-11-13-26(14-12-25)22(29)20-18-5-3-4-6-19(18)21(28)24(2)23-20/h3-10H,11-14H2,1-2H3. The third-order valence-electron chi connectivity index (χ3n) is 5.36. The van der Waals surface area contributed by atoms with E-state index in [1.165, 1.54) is 4.68 Å². The van der Waals surface area contributed by atoms with Gasteiger partial charge in [0.05, 0.1) is 5.39 Å². The Labute approximate surface area is 168 Å². The molecule has 0 radical (unpaired) electrons. The number of benzene rings is 2. The van der Waals surface area contributed by atoms with Gasteiger partial charge in [-0.3, -0.25) is 14.4 Å². The number of anilines is 1. The lowest BCUT2D eigenvalue weighted by molar-refractivity contribution is 0.0740. The number of hydrogen-bond donors (Lipinski definition) is 0. The predicted octanol–water partition coefficient (Wildman–Crippen LogP) is 2.10. The second kappa shape index (κ2) is 7.50. The minimum Gasteiger partial charge on any atom is -0.368 e. The summed E-state index contributed by atoms with van der Waals surface area (Å²) in [6.45, 7) is 4.05. The van der Waals surface area contributed by atoms with Crippen LogP contribution in [0.15, 0.2) is 53.3 Å². The van der Waals surface area contributed by atoms with Gasteiger partial charge in [0.25, 0.3) is 11.5 Å². The number of rotatable bonds is 3. The number of carbonyl (C=O) groups is 2. The van der Waals surface area contributed by atoms with Crippen LogP contribution in [0.25, 0.3) is 10.8 Å². The van der Waals surface area contributed by atoms with Crippen molar-refractivity contribution >= 4 is 28.2 Å². The number of carbonyl (C=O) groups excluding carboxylic acids is 2. The van der Waals surface area contributed by atoms with Crippen molar-refractivity contribution in [2.24, 2.45) is 7.05 Å². The molecule has 1 fully saturated rings. The molecule has 3 aromatic rings. The van der Waals surface area contributed by atoms with Crippen LogP contribution in [-0.4, -0.2) is 52.5 Å². The van der Waals surface area contributed by atoms with E-state index >= 15 is 0 Å². The highest BCUT2D eigenvalue weighted by Gasteiger charge is 2.25. The summed E-state index contributed by atoms with van der Waals surface area (Å²) >= 11 is 0. The van der Waals surface area contributed by atoms with Crippen molar-refractivity contribution in [2.75, 3.05) is 31.1 Å². The molecule has 0 aliphatic carbocycles. The Balaban J connectivity index is 1.53. The fourth-order valence-electron chi connectivity index (χ4n) is 3.68. The number of fused-ring (bicyclic) bond motifs is 1. The molecule has 0 atom stereocenters. The van der Waals surface area contributed by atoms with E-state index in [-0.39, 0.29) is 17.2 Å². The zero-order valence-corrected chi connectivity index (χ0v) is 16.5. The van der Waals surface area contributed by atoms with Crippen molar-refractivity contribution in [3.8, 4) is 0 Å². The molecule has 1 aliphatic rings. The Bertz CT molecular complexity index is 1140. The first-order chi connectivity index (χ1) is 14.0. The van der Waals surface area contributed by atoms with Crippen LogP contribution in [0.1, 0.15) is 27.8 Å². The van der Waals surface area contributed by atoms with Gasteiger partial charge < -0.3 is 9.80 Å². The van der Waals surface area contributed by atoms with Gasteiger partial charge in [-0.25, -0.2) is 4.68 Å². The fourth-order valence-corrected chi connectivity index (χ4v) is 3.68. The molecule has 7 heteroatoms. The summed E-state index contributed by atoms with van der Waals surface area (Å²) < 4.78 is 1.22. The van der Waals surface area contributed by atoms with E-state index in [0.717, 1.165) is 5.69 Å². The monoisotopic (exact) mass is 390 g/mol. The summed E-state index contributed by atoms with van der Waals surface area (Å²) in [4.78, 5) is 40.8. The van der Waals surface area contributed by atoms with E-state index in [0.29, 0.717) is 48.2 Å². The molecular weight excluding hydrogens is 368 g/mol. The van der Waals surface area contributed by atoms with E-state index in [9.17, 15) is 14.4 Å². The van der Waals surface area contributed by atoms with Crippen molar-refractivity contribution in [1.82, 2.24) is 14.7 Å². The molecular formula is C22H22N4O3. The molecule has 29 heavy (non-hydrogen) atoms. The maximum absolute atomic E-state index is 13.1. The van der Waals surface area contributed by atoms with E-state index in [4.69, 9.17) is 0 Å². The number of piperazine rings is 1. The Morgan fingerprint density at radius 2 is 1.52 bits per heavy atom. The lowest BCUT2D eigenvalue weighted by Crippen LogP contribution is -2.49. The topological polar surface area (TPSA) is 75.5 Å². The van der Waals surface area contributed by atoms with Gasteiger partial charge in [-0.1, -0.05) is 18.2 Å². The summed E-state index contributed by atoms with van der Waals surface area (Å²) in [5.41, 5.74) is 1.82. The van der Waals surface area contributed by atoms with E-state index < -0.39 is 0 Å². The highest BCUT2D eigenvalue weighted by molar-refractivity contribution is 6.04. The zero-order valence-electron chi connectivity index (χ0n) is 16.5. The summed E-state index contributed by atoms with van der Waals surface area (Å²) in [7, 11) is 1.56. The van der Waals surface area contributed by atoms with Crippen molar-refractivity contribution < 1.29 is 9.59 Å². The largest absolute Gasteiger partial charge is 0.368 e. The van der Waals surface area contributed by atoms with Gasteiger partial charge in [0.1, 0.15) is 0 Å². The highest BCUT2D eigenvalue weighted by atomic mass is 16.2. The molecule has 148 valence electrons. The van der Waals surface area contributed by atoms with Crippen molar-refractivity contribution in [3.05, 3.63) is 70.1 Å². The first-order valence-electron chi connectivity index (χ1n) is 9.57. The first-order valence-corrected chi connectivity index (χ1v) is 9.57. The van der Waals surface area contributed by atoms with Gasteiger partial charge in [-0.15, -0.1) is 0 Å². The Morgan fingerprint density at radius 3 is 2.14 bits per heavy atom. The van der Waals surface area contributed by atoms with Gasteiger partial charge in [-0.2, -0.15) is 5.10 Å². The number of ketones is 1. The quantitative estimate of drug-likeness (QED) is 0.640. The van der Waals surface area contributed by atoms with E-state index in [2.05, 4.69) is 10.00 Å². The van der Waals surface area contributed by atoms with Crippen LogP contribution in [-0.2, 0) is 7.05 Å². The summed E-state index contributed by atoms with van der Waals surface area (Å²) in [5.74, 6) is -0.118. The van der Waals surface area contributed by atoms with Crippen molar-refractivity contribution in [3.63, 3.8) is 0 Å².